The molecule has 0 aliphatic heterocycles. The Morgan fingerprint density at radius 1 is 0.741 bits per heavy atom. The summed E-state index contributed by atoms with van der Waals surface area (Å²) in [4.78, 5) is 21.6. The standard InChI is InChI=1S/2C10H20O2S.Zn/c2*1-3-5-6-9(4-2)7-12-10(11)8-13;/h2*9,13H,3-8H2,1-2H3;. The van der Waals surface area contributed by atoms with E-state index >= 15 is 0 Å². The van der Waals surface area contributed by atoms with Gasteiger partial charge in [0.2, 0.25) is 0 Å². The van der Waals surface area contributed by atoms with Gasteiger partial charge in [-0.2, -0.15) is 25.3 Å². The van der Waals surface area contributed by atoms with E-state index in [2.05, 4.69) is 53.0 Å². The van der Waals surface area contributed by atoms with Crippen LogP contribution in [-0.2, 0) is 38.5 Å². The third-order valence-corrected chi connectivity index (χ3v) is 4.82. The van der Waals surface area contributed by atoms with E-state index in [0.29, 0.717) is 25.0 Å². The maximum atomic E-state index is 10.8. The summed E-state index contributed by atoms with van der Waals surface area (Å²) in [5.41, 5.74) is 0. The molecule has 0 aliphatic carbocycles. The summed E-state index contributed by atoms with van der Waals surface area (Å²) >= 11 is 7.69. The molecule has 0 aromatic carbocycles. The first-order valence-electron chi connectivity index (χ1n) is 10.0. The average molecular weight is 474 g/mol. The summed E-state index contributed by atoms with van der Waals surface area (Å²) < 4.78 is 10.1. The minimum atomic E-state index is -0.210. The van der Waals surface area contributed by atoms with E-state index in [0.717, 1.165) is 25.7 Å². The van der Waals surface area contributed by atoms with Crippen molar-refractivity contribution in [3.8, 4) is 0 Å². The fourth-order valence-electron chi connectivity index (χ4n) is 2.31. The van der Waals surface area contributed by atoms with Crippen molar-refractivity contribution in [2.75, 3.05) is 24.7 Å². The summed E-state index contributed by atoms with van der Waals surface area (Å²) in [7, 11) is 0. The van der Waals surface area contributed by atoms with E-state index in [1.807, 2.05) is 0 Å². The molecule has 0 saturated heterocycles. The zero-order chi connectivity index (χ0) is 20.2. The summed E-state index contributed by atoms with van der Waals surface area (Å²) in [6.45, 7) is 9.74. The zero-order valence-electron chi connectivity index (χ0n) is 17.9. The van der Waals surface area contributed by atoms with Crippen molar-refractivity contribution >= 4 is 37.2 Å². The summed E-state index contributed by atoms with van der Waals surface area (Å²) in [5, 5.41) is 0. The molecular weight excluding hydrogens is 434 g/mol. The summed E-state index contributed by atoms with van der Waals surface area (Å²) in [6.07, 6.45) is 9.33. The minimum absolute atomic E-state index is 0. The molecule has 4 nitrogen and oxygen atoms in total. The van der Waals surface area contributed by atoms with Crippen LogP contribution in [0.25, 0.3) is 0 Å². The molecule has 0 bridgehead atoms. The molecular formula is C20H40O4S2Zn. The van der Waals surface area contributed by atoms with Crippen molar-refractivity contribution < 1.29 is 38.5 Å². The van der Waals surface area contributed by atoms with Crippen LogP contribution in [0.5, 0.6) is 0 Å². The normalized spacial score (nSPS) is 12.1. The van der Waals surface area contributed by atoms with Crippen molar-refractivity contribution in [1.82, 2.24) is 0 Å². The van der Waals surface area contributed by atoms with Gasteiger partial charge in [-0.3, -0.25) is 9.59 Å². The first-order valence-corrected chi connectivity index (χ1v) is 11.3. The maximum absolute atomic E-state index is 10.8. The van der Waals surface area contributed by atoms with Gasteiger partial charge >= 0.3 is 11.9 Å². The van der Waals surface area contributed by atoms with Crippen molar-refractivity contribution in [3.05, 3.63) is 0 Å². The number of rotatable bonds is 14. The van der Waals surface area contributed by atoms with E-state index in [-0.39, 0.29) is 42.9 Å². The minimum Gasteiger partial charge on any atom is -0.465 e. The molecule has 0 heterocycles. The number of esters is 2. The zero-order valence-corrected chi connectivity index (χ0v) is 22.6. The second-order valence-corrected chi connectivity index (χ2v) is 7.15. The number of hydrogen-bond acceptors (Lipinski definition) is 6. The summed E-state index contributed by atoms with van der Waals surface area (Å²) in [5.74, 6) is 1.01. The van der Waals surface area contributed by atoms with Crippen molar-refractivity contribution in [1.29, 1.82) is 0 Å². The van der Waals surface area contributed by atoms with Crippen LogP contribution in [0.2, 0.25) is 0 Å². The SMILES string of the molecule is CCCCC(CC)COC(=O)CS.CCCCC(CC)COC(=O)CS.[Zn]. The van der Waals surface area contributed by atoms with Gasteiger partial charge in [-0.1, -0.05) is 66.2 Å². The topological polar surface area (TPSA) is 52.6 Å². The van der Waals surface area contributed by atoms with Crippen molar-refractivity contribution in [2.45, 2.75) is 79.1 Å². The molecule has 0 aromatic heterocycles. The number of carbonyl (C=O) groups is 2. The number of unbranched alkanes of at least 4 members (excludes halogenated alkanes) is 2. The first-order chi connectivity index (χ1) is 12.5. The van der Waals surface area contributed by atoms with E-state index in [1.54, 1.807) is 0 Å². The molecule has 0 fully saturated rings. The monoisotopic (exact) mass is 472 g/mol. The maximum Gasteiger partial charge on any atom is 0.315 e. The Kier molecular flexibility index (Phi) is 28.8. The van der Waals surface area contributed by atoms with Gasteiger partial charge in [0.05, 0.1) is 24.7 Å². The number of carbonyl (C=O) groups excluding carboxylic acids is 2. The Labute approximate surface area is 190 Å². The van der Waals surface area contributed by atoms with Gasteiger partial charge in [-0.25, -0.2) is 0 Å². The van der Waals surface area contributed by atoms with Gasteiger partial charge in [-0.15, -0.1) is 0 Å². The van der Waals surface area contributed by atoms with Gasteiger partial charge < -0.3 is 9.47 Å². The largest absolute Gasteiger partial charge is 0.465 e. The molecule has 0 N–H and O–H groups in total. The first kappa shape index (κ1) is 31.9. The molecule has 2 unspecified atom stereocenters. The second kappa shape index (κ2) is 24.3. The van der Waals surface area contributed by atoms with Gasteiger partial charge in [0.15, 0.2) is 0 Å². The predicted octanol–water partition coefficient (Wildman–Crippen LogP) is 5.35. The van der Waals surface area contributed by atoms with Crippen LogP contribution < -0.4 is 0 Å². The number of hydrogen-bond donors (Lipinski definition) is 2. The van der Waals surface area contributed by atoms with Crippen LogP contribution in [0.3, 0.4) is 0 Å². The van der Waals surface area contributed by atoms with Crippen LogP contribution in [0, 0.1) is 11.8 Å². The second-order valence-electron chi connectivity index (χ2n) is 6.52. The molecule has 158 valence electrons. The summed E-state index contributed by atoms with van der Waals surface area (Å²) in [6, 6.07) is 0. The Hall–Kier alpha value is 0.263. The Bertz CT molecular complexity index is 312. The van der Waals surface area contributed by atoms with E-state index in [9.17, 15) is 9.59 Å². The third kappa shape index (κ3) is 22.4. The van der Waals surface area contributed by atoms with Crippen LogP contribution >= 0.6 is 25.3 Å². The average Bonchev–Trinajstić information content (AvgIpc) is 2.68. The fraction of sp³-hybridized carbons (Fsp3) is 0.900. The van der Waals surface area contributed by atoms with Crippen LogP contribution in [-0.4, -0.2) is 36.7 Å². The molecule has 2 atom stereocenters. The molecule has 0 radical (unpaired) electrons. The van der Waals surface area contributed by atoms with Gasteiger partial charge in [0.25, 0.3) is 0 Å². The van der Waals surface area contributed by atoms with Gasteiger partial charge in [0.1, 0.15) is 0 Å². The van der Waals surface area contributed by atoms with Gasteiger partial charge in [-0.05, 0) is 24.7 Å². The van der Waals surface area contributed by atoms with Crippen molar-refractivity contribution in [3.63, 3.8) is 0 Å². The smallest absolute Gasteiger partial charge is 0.315 e. The Balaban J connectivity index is -0.000000411. The predicted molar refractivity (Wildman–Crippen MR) is 116 cm³/mol. The Morgan fingerprint density at radius 3 is 1.30 bits per heavy atom. The van der Waals surface area contributed by atoms with Crippen LogP contribution in [0.1, 0.15) is 79.1 Å². The van der Waals surface area contributed by atoms with E-state index in [1.165, 1.54) is 25.7 Å². The van der Waals surface area contributed by atoms with Crippen molar-refractivity contribution in [2.24, 2.45) is 11.8 Å². The third-order valence-electron chi connectivity index (χ3n) is 4.30. The molecule has 0 amide bonds. The Morgan fingerprint density at radius 2 is 1.07 bits per heavy atom. The quantitative estimate of drug-likeness (QED) is 0.203. The number of thiol groups is 2. The van der Waals surface area contributed by atoms with E-state index in [4.69, 9.17) is 9.47 Å². The molecule has 0 saturated carbocycles. The van der Waals surface area contributed by atoms with Crippen LogP contribution in [0.4, 0.5) is 0 Å². The molecule has 7 heteroatoms. The fourth-order valence-corrected chi connectivity index (χ4v) is 2.49. The molecule has 0 spiro atoms. The molecule has 27 heavy (non-hydrogen) atoms. The molecule has 0 aliphatic rings. The van der Waals surface area contributed by atoms with E-state index < -0.39 is 0 Å². The van der Waals surface area contributed by atoms with Crippen LogP contribution in [0.15, 0.2) is 0 Å². The molecule has 0 aromatic rings. The van der Waals surface area contributed by atoms with Gasteiger partial charge in [0, 0.05) is 19.5 Å². The molecule has 0 rings (SSSR count). The number of ether oxygens (including phenoxy) is 2.